The third-order valence-corrected chi connectivity index (χ3v) is 5.57. The van der Waals surface area contributed by atoms with Crippen LogP contribution in [0.3, 0.4) is 0 Å². The largest absolute Gasteiger partial charge is 0.424 e. The Morgan fingerprint density at radius 2 is 1.90 bits per heavy atom. The molecule has 6 nitrogen and oxygen atoms in total. The number of fused-ring (bicyclic) bond motifs is 2. The summed E-state index contributed by atoms with van der Waals surface area (Å²) >= 11 is 0. The molecule has 1 saturated heterocycles. The minimum atomic E-state index is -4.81. The second kappa shape index (κ2) is 7.47. The molecule has 2 heterocycles. The van der Waals surface area contributed by atoms with Gasteiger partial charge in [-0.1, -0.05) is 0 Å². The van der Waals surface area contributed by atoms with Crippen LogP contribution in [0.1, 0.15) is 38.3 Å². The van der Waals surface area contributed by atoms with E-state index in [-0.39, 0.29) is 23.8 Å². The molecule has 0 radical (unpaired) electrons. The van der Waals surface area contributed by atoms with Crippen molar-refractivity contribution in [1.82, 2.24) is 20.1 Å². The van der Waals surface area contributed by atoms with Crippen molar-refractivity contribution in [2.45, 2.75) is 44.9 Å². The number of anilines is 1. The molecule has 3 atom stereocenters. The van der Waals surface area contributed by atoms with E-state index >= 15 is 0 Å². The Bertz CT molecular complexity index is 866. The summed E-state index contributed by atoms with van der Waals surface area (Å²) in [5.74, 6) is -0.123. The van der Waals surface area contributed by atoms with Crippen LogP contribution >= 0.6 is 0 Å². The molecule has 2 N–H and O–H groups in total. The van der Waals surface area contributed by atoms with Crippen LogP contribution in [0.25, 0.3) is 0 Å². The van der Waals surface area contributed by atoms with E-state index in [1.165, 1.54) is 4.68 Å². The minimum Gasteiger partial charge on any atom is -0.424 e. The maximum absolute atomic E-state index is 13.5. The van der Waals surface area contributed by atoms with Gasteiger partial charge < -0.3 is 15.4 Å². The summed E-state index contributed by atoms with van der Waals surface area (Å²) in [5, 5.41) is 11.2. The maximum Gasteiger partial charge on any atom is 0.419 e. The number of aromatic nitrogens is 3. The van der Waals surface area contributed by atoms with Crippen molar-refractivity contribution in [2.75, 3.05) is 18.4 Å². The summed E-state index contributed by atoms with van der Waals surface area (Å²) < 4.78 is 59.5. The first-order valence-corrected chi connectivity index (χ1v) is 9.70. The number of rotatable bonds is 5. The van der Waals surface area contributed by atoms with Crippen molar-refractivity contribution in [2.24, 2.45) is 11.8 Å². The van der Waals surface area contributed by atoms with Crippen molar-refractivity contribution in [3.05, 3.63) is 29.6 Å². The van der Waals surface area contributed by atoms with Gasteiger partial charge >= 0.3 is 12.2 Å². The Labute approximate surface area is 165 Å². The molecule has 158 valence electrons. The average molecular weight is 413 g/mol. The van der Waals surface area contributed by atoms with Crippen LogP contribution in [-0.2, 0) is 6.18 Å². The van der Waals surface area contributed by atoms with Crippen LogP contribution < -0.4 is 15.4 Å². The van der Waals surface area contributed by atoms with Crippen LogP contribution in [0.5, 0.6) is 11.8 Å². The Hall–Kier alpha value is -2.36. The highest BCUT2D eigenvalue weighted by Gasteiger charge is 2.39. The van der Waals surface area contributed by atoms with Gasteiger partial charge in [0, 0.05) is 6.04 Å². The van der Waals surface area contributed by atoms with Gasteiger partial charge in [-0.3, -0.25) is 0 Å². The summed E-state index contributed by atoms with van der Waals surface area (Å²) in [4.78, 5) is 4.35. The summed E-state index contributed by atoms with van der Waals surface area (Å²) in [6, 6.07) is 2.71. The number of halogens is 4. The monoisotopic (exact) mass is 413 g/mol. The van der Waals surface area contributed by atoms with Crippen LogP contribution in [0.4, 0.5) is 23.5 Å². The summed E-state index contributed by atoms with van der Waals surface area (Å²) in [6.45, 7) is 5.62. The second-order valence-electron chi connectivity index (χ2n) is 7.92. The Balaban J connectivity index is 1.58. The number of benzene rings is 1. The summed E-state index contributed by atoms with van der Waals surface area (Å²) in [7, 11) is 0. The molecular formula is C19H23F4N5O. The standard InChI is InChI=1S/C19H23F4N5O/c1-10(2)28-18(29-13-5-6-15(20)14(7-13)19(21,22)23)26-17(27-28)25-16-11-3-4-12(16)9-24-8-11/h5-7,10-12,16,24H,3-4,8-9H2,1-2H3,(H,25,27)/t11-,12+,16+. The van der Waals surface area contributed by atoms with E-state index in [0.717, 1.165) is 38.1 Å². The fraction of sp³-hybridized carbons (Fsp3) is 0.579. The van der Waals surface area contributed by atoms with Crippen molar-refractivity contribution in [3.63, 3.8) is 0 Å². The lowest BCUT2D eigenvalue weighted by Crippen LogP contribution is -2.45. The van der Waals surface area contributed by atoms with E-state index < -0.39 is 17.6 Å². The Kier molecular flexibility index (Phi) is 5.14. The molecule has 1 aliphatic carbocycles. The highest BCUT2D eigenvalue weighted by molar-refractivity contribution is 5.35. The molecule has 2 aliphatic rings. The molecule has 1 aromatic heterocycles. The zero-order chi connectivity index (χ0) is 20.8. The predicted molar refractivity (Wildman–Crippen MR) is 98.4 cm³/mol. The average Bonchev–Trinajstić information content (AvgIpc) is 3.12. The number of nitrogens with zero attached hydrogens (tertiary/aromatic N) is 3. The van der Waals surface area contributed by atoms with E-state index in [4.69, 9.17) is 4.74 Å². The highest BCUT2D eigenvalue weighted by Crippen LogP contribution is 2.37. The quantitative estimate of drug-likeness (QED) is 0.719. The van der Waals surface area contributed by atoms with E-state index in [1.54, 1.807) is 0 Å². The molecular weight excluding hydrogens is 390 g/mol. The number of alkyl halides is 3. The first-order valence-electron chi connectivity index (χ1n) is 9.70. The molecule has 1 aromatic carbocycles. The molecule has 2 bridgehead atoms. The number of nitrogens with one attached hydrogen (secondary N) is 2. The molecule has 2 aromatic rings. The van der Waals surface area contributed by atoms with E-state index in [2.05, 4.69) is 20.7 Å². The van der Waals surface area contributed by atoms with Gasteiger partial charge in [0.05, 0.1) is 11.6 Å². The minimum absolute atomic E-state index is 0.0588. The van der Waals surface area contributed by atoms with Gasteiger partial charge in [0.25, 0.3) is 0 Å². The lowest BCUT2D eigenvalue weighted by molar-refractivity contribution is -0.140. The number of ether oxygens (including phenoxy) is 1. The first kappa shape index (κ1) is 19.9. The van der Waals surface area contributed by atoms with E-state index in [9.17, 15) is 17.6 Å². The Morgan fingerprint density at radius 1 is 1.21 bits per heavy atom. The van der Waals surface area contributed by atoms with E-state index in [1.807, 2.05) is 13.8 Å². The number of hydrogen-bond donors (Lipinski definition) is 2. The smallest absolute Gasteiger partial charge is 0.419 e. The topological polar surface area (TPSA) is 64.0 Å². The third kappa shape index (κ3) is 4.03. The van der Waals surface area contributed by atoms with Crippen molar-refractivity contribution in [1.29, 1.82) is 0 Å². The van der Waals surface area contributed by atoms with Crippen LogP contribution in [0.15, 0.2) is 18.2 Å². The molecule has 10 heteroatoms. The normalized spacial score (nSPS) is 24.2. The molecule has 0 amide bonds. The SMILES string of the molecule is CC(C)n1nc(N[C@H]2[C@@H]3CC[C@H]2CNC3)nc1Oc1ccc(F)c(C(F)(F)F)c1. The molecule has 2 fully saturated rings. The lowest BCUT2D eigenvalue weighted by Gasteiger charge is -2.30. The predicted octanol–water partition coefficient (Wildman–Crippen LogP) is 4.22. The molecule has 0 spiro atoms. The van der Waals surface area contributed by atoms with Gasteiger partial charge in [-0.15, -0.1) is 5.10 Å². The van der Waals surface area contributed by atoms with Crippen molar-refractivity contribution < 1.29 is 22.3 Å². The fourth-order valence-corrected chi connectivity index (χ4v) is 4.14. The molecule has 0 unspecified atom stereocenters. The second-order valence-corrected chi connectivity index (χ2v) is 7.92. The maximum atomic E-state index is 13.5. The Morgan fingerprint density at radius 3 is 2.52 bits per heavy atom. The summed E-state index contributed by atoms with van der Waals surface area (Å²) in [5.41, 5.74) is -1.38. The van der Waals surface area contributed by atoms with Gasteiger partial charge in [0.1, 0.15) is 11.6 Å². The molecule has 4 rings (SSSR count). The van der Waals surface area contributed by atoms with Gasteiger partial charge in [-0.2, -0.15) is 18.2 Å². The number of hydrogen-bond acceptors (Lipinski definition) is 5. The van der Waals surface area contributed by atoms with Crippen molar-refractivity contribution in [3.8, 4) is 11.8 Å². The molecule has 29 heavy (non-hydrogen) atoms. The number of piperidine rings is 1. The van der Waals surface area contributed by atoms with Crippen LogP contribution in [-0.4, -0.2) is 33.9 Å². The fourth-order valence-electron chi connectivity index (χ4n) is 4.14. The van der Waals surface area contributed by atoms with Gasteiger partial charge in [0.2, 0.25) is 5.95 Å². The first-order chi connectivity index (χ1) is 13.7. The third-order valence-electron chi connectivity index (χ3n) is 5.57. The summed E-state index contributed by atoms with van der Waals surface area (Å²) in [6.07, 6.45) is -2.53. The van der Waals surface area contributed by atoms with Gasteiger partial charge in [-0.05, 0) is 69.8 Å². The van der Waals surface area contributed by atoms with Gasteiger partial charge in [-0.25, -0.2) is 9.07 Å². The zero-order valence-electron chi connectivity index (χ0n) is 16.1. The van der Waals surface area contributed by atoms with Crippen molar-refractivity contribution >= 4 is 5.95 Å². The van der Waals surface area contributed by atoms with E-state index in [0.29, 0.717) is 23.9 Å². The van der Waals surface area contributed by atoms with Crippen LogP contribution in [0, 0.1) is 17.7 Å². The van der Waals surface area contributed by atoms with Gasteiger partial charge in [0.15, 0.2) is 0 Å². The molecule has 1 aliphatic heterocycles. The lowest BCUT2D eigenvalue weighted by atomic mass is 9.94. The highest BCUT2D eigenvalue weighted by atomic mass is 19.4. The zero-order valence-corrected chi connectivity index (χ0v) is 16.1. The molecule has 1 saturated carbocycles. The van der Waals surface area contributed by atoms with Crippen LogP contribution in [0.2, 0.25) is 0 Å².